The first-order valence-corrected chi connectivity index (χ1v) is 11.3. The van der Waals surface area contributed by atoms with Crippen LogP contribution in [0.15, 0.2) is 71.7 Å². The Kier molecular flexibility index (Phi) is 8.94. The summed E-state index contributed by atoms with van der Waals surface area (Å²) in [6.07, 6.45) is 4.42. The van der Waals surface area contributed by atoms with Crippen LogP contribution in [0.4, 0.5) is 5.69 Å². The van der Waals surface area contributed by atoms with Crippen LogP contribution in [0.3, 0.4) is 0 Å². The van der Waals surface area contributed by atoms with E-state index in [-0.39, 0.29) is 24.0 Å². The van der Waals surface area contributed by atoms with Gasteiger partial charge in [0.2, 0.25) is 0 Å². The molecule has 0 unspecified atom stereocenters. The second-order valence-corrected chi connectivity index (χ2v) is 8.06. The molecule has 0 spiro atoms. The van der Waals surface area contributed by atoms with Crippen LogP contribution >= 0.6 is 24.0 Å². The predicted molar refractivity (Wildman–Crippen MR) is 148 cm³/mol. The fraction of sp³-hybridized carbons (Fsp3) is 0.308. The summed E-state index contributed by atoms with van der Waals surface area (Å²) in [5, 5.41) is 11.5. The lowest BCUT2D eigenvalue weighted by Crippen LogP contribution is -2.37. The fourth-order valence-corrected chi connectivity index (χ4v) is 3.93. The minimum absolute atomic E-state index is 0. The summed E-state index contributed by atoms with van der Waals surface area (Å²) < 4.78 is 2.01. The van der Waals surface area contributed by atoms with Gasteiger partial charge in [0, 0.05) is 37.6 Å². The highest BCUT2D eigenvalue weighted by Gasteiger charge is 2.10. The standard InChI is InChI=1S/C26H32N6.HI/c1-4-27-26(28-18-22-11-13-24(14-12-22)31-15-7-8-16-31)29-19-23-9-5-6-10-25(23)32-21(3)17-20(2)30-32;/h5-14,17H,4,15-16,18-19H2,1-3H3,(H2,27,28,29);1H. The summed E-state index contributed by atoms with van der Waals surface area (Å²) in [6.45, 7) is 10.3. The van der Waals surface area contributed by atoms with Crippen LogP contribution in [0.25, 0.3) is 5.69 Å². The van der Waals surface area contributed by atoms with Crippen molar-refractivity contribution < 1.29 is 0 Å². The van der Waals surface area contributed by atoms with Crippen LogP contribution in [0.1, 0.15) is 29.4 Å². The predicted octanol–water partition coefficient (Wildman–Crippen LogP) is 4.74. The zero-order valence-corrected chi connectivity index (χ0v) is 21.9. The Balaban J connectivity index is 0.00000306. The molecule has 2 heterocycles. The zero-order chi connectivity index (χ0) is 22.3. The van der Waals surface area contributed by atoms with Gasteiger partial charge in [0.15, 0.2) is 5.96 Å². The molecule has 1 aromatic heterocycles. The molecule has 0 atom stereocenters. The maximum atomic E-state index is 4.80. The Labute approximate surface area is 213 Å². The summed E-state index contributed by atoms with van der Waals surface area (Å²) in [6, 6.07) is 19.2. The molecule has 0 saturated carbocycles. The fourth-order valence-electron chi connectivity index (χ4n) is 3.93. The van der Waals surface area contributed by atoms with E-state index in [0.717, 1.165) is 42.7 Å². The topological polar surface area (TPSA) is 57.5 Å². The lowest BCUT2D eigenvalue weighted by atomic mass is 10.1. The van der Waals surface area contributed by atoms with Gasteiger partial charge in [0.25, 0.3) is 0 Å². The van der Waals surface area contributed by atoms with E-state index in [9.17, 15) is 0 Å². The van der Waals surface area contributed by atoms with Gasteiger partial charge < -0.3 is 15.5 Å². The number of aryl methyl sites for hydroxylation is 2. The molecule has 0 radical (unpaired) electrons. The largest absolute Gasteiger partial charge is 0.364 e. The van der Waals surface area contributed by atoms with E-state index in [0.29, 0.717) is 13.1 Å². The van der Waals surface area contributed by atoms with Crippen molar-refractivity contribution in [3.8, 4) is 5.69 Å². The van der Waals surface area contributed by atoms with E-state index in [2.05, 4.69) is 101 Å². The Morgan fingerprint density at radius 3 is 2.39 bits per heavy atom. The Hall–Kier alpha value is -2.81. The first-order valence-electron chi connectivity index (χ1n) is 11.3. The van der Waals surface area contributed by atoms with Crippen molar-refractivity contribution in [2.75, 3.05) is 24.5 Å². The maximum absolute atomic E-state index is 4.80. The molecule has 4 rings (SSSR count). The molecule has 7 heteroatoms. The van der Waals surface area contributed by atoms with Gasteiger partial charge in [-0.05, 0) is 56.2 Å². The van der Waals surface area contributed by atoms with Crippen LogP contribution in [0.2, 0.25) is 0 Å². The van der Waals surface area contributed by atoms with Crippen LogP contribution in [0.5, 0.6) is 0 Å². The number of hydrogen-bond acceptors (Lipinski definition) is 3. The molecule has 0 saturated heterocycles. The summed E-state index contributed by atoms with van der Waals surface area (Å²) in [4.78, 5) is 7.14. The van der Waals surface area contributed by atoms with E-state index >= 15 is 0 Å². The molecule has 174 valence electrons. The first-order chi connectivity index (χ1) is 15.6. The average molecular weight is 556 g/mol. The SMILES string of the molecule is CCNC(=NCc1ccc(N2CC=CC2)cc1)NCc1ccccc1-n1nc(C)cc1C.I. The van der Waals surface area contributed by atoms with E-state index < -0.39 is 0 Å². The Morgan fingerprint density at radius 1 is 1.00 bits per heavy atom. The minimum atomic E-state index is 0. The third-order valence-electron chi connectivity index (χ3n) is 5.56. The van der Waals surface area contributed by atoms with Gasteiger partial charge in [-0.3, -0.25) is 0 Å². The summed E-state index contributed by atoms with van der Waals surface area (Å²) in [7, 11) is 0. The summed E-state index contributed by atoms with van der Waals surface area (Å²) in [5.74, 6) is 0.809. The number of nitrogens with zero attached hydrogens (tertiary/aromatic N) is 4. The Morgan fingerprint density at radius 2 is 1.73 bits per heavy atom. The second kappa shape index (κ2) is 11.9. The number of aromatic nitrogens is 2. The van der Waals surface area contributed by atoms with Crippen molar-refractivity contribution in [1.29, 1.82) is 0 Å². The van der Waals surface area contributed by atoms with Gasteiger partial charge in [-0.1, -0.05) is 42.5 Å². The number of anilines is 1. The van der Waals surface area contributed by atoms with E-state index in [1.807, 2.05) is 11.6 Å². The van der Waals surface area contributed by atoms with Crippen LogP contribution in [-0.4, -0.2) is 35.4 Å². The number of halogens is 1. The molecule has 1 aliphatic heterocycles. The molecule has 6 nitrogen and oxygen atoms in total. The lowest BCUT2D eigenvalue weighted by Gasteiger charge is -2.17. The van der Waals surface area contributed by atoms with E-state index in [1.54, 1.807) is 0 Å². The third kappa shape index (κ3) is 6.37. The van der Waals surface area contributed by atoms with Gasteiger partial charge >= 0.3 is 0 Å². The van der Waals surface area contributed by atoms with Crippen molar-refractivity contribution >= 4 is 35.6 Å². The van der Waals surface area contributed by atoms with Crippen molar-refractivity contribution in [3.63, 3.8) is 0 Å². The van der Waals surface area contributed by atoms with Gasteiger partial charge in [0.1, 0.15) is 0 Å². The third-order valence-corrected chi connectivity index (χ3v) is 5.56. The van der Waals surface area contributed by atoms with Gasteiger partial charge in [-0.15, -0.1) is 24.0 Å². The first kappa shape index (κ1) is 24.8. The van der Waals surface area contributed by atoms with Gasteiger partial charge in [0.05, 0.1) is 17.9 Å². The number of nitrogens with one attached hydrogen (secondary N) is 2. The van der Waals surface area contributed by atoms with Crippen LogP contribution < -0.4 is 15.5 Å². The molecule has 2 aromatic carbocycles. The van der Waals surface area contributed by atoms with Crippen molar-refractivity contribution in [2.24, 2.45) is 4.99 Å². The van der Waals surface area contributed by atoms with Gasteiger partial charge in [-0.25, -0.2) is 9.67 Å². The summed E-state index contributed by atoms with van der Waals surface area (Å²) in [5.41, 5.74) is 6.87. The number of benzene rings is 2. The molecule has 2 N–H and O–H groups in total. The molecule has 0 fully saturated rings. The van der Waals surface area contributed by atoms with Crippen molar-refractivity contribution in [1.82, 2.24) is 20.4 Å². The molecule has 0 bridgehead atoms. The molecular formula is C26H33IN6. The molecule has 3 aromatic rings. The monoisotopic (exact) mass is 556 g/mol. The van der Waals surface area contributed by atoms with E-state index in [1.165, 1.54) is 16.8 Å². The van der Waals surface area contributed by atoms with Crippen molar-refractivity contribution in [3.05, 3.63) is 89.3 Å². The number of aliphatic imine (C=N–C) groups is 1. The van der Waals surface area contributed by atoms with Gasteiger partial charge in [-0.2, -0.15) is 5.10 Å². The highest BCUT2D eigenvalue weighted by molar-refractivity contribution is 14.0. The summed E-state index contributed by atoms with van der Waals surface area (Å²) >= 11 is 0. The van der Waals surface area contributed by atoms with Crippen LogP contribution in [-0.2, 0) is 13.1 Å². The molecule has 33 heavy (non-hydrogen) atoms. The molecule has 0 amide bonds. The average Bonchev–Trinajstić information content (AvgIpc) is 3.46. The highest BCUT2D eigenvalue weighted by atomic mass is 127. The second-order valence-electron chi connectivity index (χ2n) is 8.06. The number of para-hydroxylation sites is 1. The molecule has 0 aliphatic carbocycles. The molecule has 1 aliphatic rings. The highest BCUT2D eigenvalue weighted by Crippen LogP contribution is 2.18. The van der Waals surface area contributed by atoms with Crippen LogP contribution in [0, 0.1) is 13.8 Å². The number of rotatable bonds is 7. The van der Waals surface area contributed by atoms with Crippen molar-refractivity contribution in [2.45, 2.75) is 33.9 Å². The smallest absolute Gasteiger partial charge is 0.191 e. The maximum Gasteiger partial charge on any atom is 0.191 e. The quantitative estimate of drug-likeness (QED) is 0.191. The normalized spacial score (nSPS) is 13.2. The lowest BCUT2D eigenvalue weighted by molar-refractivity contribution is 0.783. The number of hydrogen-bond donors (Lipinski definition) is 2. The number of guanidine groups is 1. The molecular weight excluding hydrogens is 523 g/mol. The zero-order valence-electron chi connectivity index (χ0n) is 19.6. The minimum Gasteiger partial charge on any atom is -0.364 e. The Bertz CT molecular complexity index is 1090. The van der Waals surface area contributed by atoms with E-state index in [4.69, 9.17) is 4.99 Å².